The maximum Gasteiger partial charge on any atom is 0.227 e. The van der Waals surface area contributed by atoms with Crippen molar-refractivity contribution in [1.29, 1.82) is 0 Å². The third-order valence-electron chi connectivity index (χ3n) is 8.76. The Morgan fingerprint density at radius 1 is 1.15 bits per heavy atom. The van der Waals surface area contributed by atoms with Gasteiger partial charge in [-0.25, -0.2) is 14.4 Å². The minimum Gasteiger partial charge on any atom is -0.493 e. The zero-order valence-electron chi connectivity index (χ0n) is 22.4. The van der Waals surface area contributed by atoms with Gasteiger partial charge in [0.2, 0.25) is 11.9 Å². The first-order valence-corrected chi connectivity index (χ1v) is 14.4. The van der Waals surface area contributed by atoms with Gasteiger partial charge in [-0.05, 0) is 66.7 Å². The van der Waals surface area contributed by atoms with Gasteiger partial charge in [0.25, 0.3) is 0 Å². The highest BCUT2D eigenvalue weighted by atomic mass is 35.5. The molecule has 4 heterocycles. The largest absolute Gasteiger partial charge is 0.493 e. The molecule has 2 aromatic heterocycles. The van der Waals surface area contributed by atoms with E-state index in [0.29, 0.717) is 41.9 Å². The highest BCUT2D eigenvalue weighted by Crippen LogP contribution is 2.49. The third kappa shape index (κ3) is 5.91. The Hall–Kier alpha value is -3.13. The number of carbonyl (C=O) groups excluding carboxylic acids is 1. The van der Waals surface area contributed by atoms with Crippen molar-refractivity contribution in [1.82, 2.24) is 19.4 Å². The van der Waals surface area contributed by atoms with Gasteiger partial charge in [-0.3, -0.25) is 4.79 Å². The van der Waals surface area contributed by atoms with Crippen molar-refractivity contribution >= 4 is 23.5 Å². The van der Waals surface area contributed by atoms with Crippen molar-refractivity contribution in [3.05, 3.63) is 70.5 Å². The summed E-state index contributed by atoms with van der Waals surface area (Å²) in [6.45, 7) is 3.81. The molecule has 39 heavy (non-hydrogen) atoms. The molecule has 2 fully saturated rings. The molecule has 0 radical (unpaired) electrons. The number of hydrogen-bond donors (Lipinski definition) is 0. The number of benzene rings is 1. The van der Waals surface area contributed by atoms with Crippen LogP contribution in [0.25, 0.3) is 0 Å². The number of nitrogens with zero attached hydrogens (tertiary/aromatic N) is 5. The molecule has 2 unspecified atom stereocenters. The Bertz CT molecular complexity index is 1320. The molecule has 0 spiro atoms. The number of aryl methyl sites for hydroxylation is 1. The van der Waals surface area contributed by atoms with Gasteiger partial charge in [0.1, 0.15) is 11.6 Å². The Morgan fingerprint density at radius 2 is 1.95 bits per heavy atom. The Morgan fingerprint density at radius 3 is 2.72 bits per heavy atom. The van der Waals surface area contributed by atoms with Crippen molar-refractivity contribution < 1.29 is 13.9 Å². The number of halogens is 2. The van der Waals surface area contributed by atoms with Crippen molar-refractivity contribution in [3.63, 3.8) is 0 Å². The monoisotopic (exact) mass is 551 g/mol. The third-order valence-corrected chi connectivity index (χ3v) is 8.96. The molecular formula is C30H35ClFN5O2. The Balaban J connectivity index is 0.924. The second-order valence-electron chi connectivity index (χ2n) is 11.2. The average Bonchev–Trinajstić information content (AvgIpc) is 3.63. The number of fused-ring (bicyclic) bond motifs is 1. The molecule has 9 heteroatoms. The smallest absolute Gasteiger partial charge is 0.227 e. The van der Waals surface area contributed by atoms with Crippen LogP contribution in [0.2, 0.25) is 5.02 Å². The maximum atomic E-state index is 14.8. The lowest BCUT2D eigenvalue weighted by atomic mass is 9.90. The first-order chi connectivity index (χ1) is 18.9. The highest BCUT2D eigenvalue weighted by Gasteiger charge is 2.43. The first-order valence-electron chi connectivity index (χ1n) is 14.0. The first kappa shape index (κ1) is 26.1. The lowest BCUT2D eigenvalue weighted by Crippen LogP contribution is -2.37. The van der Waals surface area contributed by atoms with Crippen LogP contribution < -0.4 is 9.64 Å². The molecule has 1 aromatic carbocycles. The summed E-state index contributed by atoms with van der Waals surface area (Å²) in [6.07, 6.45) is 10.8. The van der Waals surface area contributed by atoms with Crippen molar-refractivity contribution in [2.24, 2.45) is 24.8 Å². The van der Waals surface area contributed by atoms with E-state index in [1.165, 1.54) is 23.7 Å². The molecule has 2 atom stereocenters. The van der Waals surface area contributed by atoms with Crippen LogP contribution in [0.1, 0.15) is 42.5 Å². The quantitative estimate of drug-likeness (QED) is 0.392. The van der Waals surface area contributed by atoms with Crippen LogP contribution in [0.3, 0.4) is 0 Å². The molecule has 1 amide bonds. The molecule has 3 aliphatic rings. The number of piperidine rings is 1. The van der Waals surface area contributed by atoms with Crippen LogP contribution in [-0.2, 0) is 31.2 Å². The number of ether oxygens (including phenoxy) is 1. The van der Waals surface area contributed by atoms with Gasteiger partial charge in [-0.1, -0.05) is 17.7 Å². The van der Waals surface area contributed by atoms with E-state index in [2.05, 4.69) is 25.5 Å². The summed E-state index contributed by atoms with van der Waals surface area (Å²) >= 11 is 5.91. The van der Waals surface area contributed by atoms with E-state index in [9.17, 15) is 9.18 Å². The van der Waals surface area contributed by atoms with Gasteiger partial charge in [0.05, 0.1) is 30.4 Å². The average molecular weight is 552 g/mol. The van der Waals surface area contributed by atoms with E-state index in [1.807, 2.05) is 18.1 Å². The predicted octanol–water partition coefficient (Wildman–Crippen LogP) is 5.06. The second-order valence-corrected chi connectivity index (χ2v) is 11.7. The number of hydrogen-bond acceptors (Lipinski definition) is 5. The number of aromatic nitrogens is 3. The van der Waals surface area contributed by atoms with Crippen molar-refractivity contribution in [2.45, 2.75) is 45.1 Å². The van der Waals surface area contributed by atoms with E-state index >= 15 is 0 Å². The topological polar surface area (TPSA) is 63.5 Å². The summed E-state index contributed by atoms with van der Waals surface area (Å²) < 4.78 is 22.8. The van der Waals surface area contributed by atoms with E-state index in [-0.39, 0.29) is 18.1 Å². The van der Waals surface area contributed by atoms with Crippen LogP contribution in [-0.4, -0.2) is 51.6 Å². The van der Waals surface area contributed by atoms with Gasteiger partial charge >= 0.3 is 0 Å². The fourth-order valence-corrected chi connectivity index (χ4v) is 6.47. The highest BCUT2D eigenvalue weighted by molar-refractivity contribution is 6.30. The molecule has 2 aliphatic heterocycles. The van der Waals surface area contributed by atoms with Crippen LogP contribution in [0.15, 0.2) is 42.9 Å². The normalized spacial score (nSPS) is 21.1. The van der Waals surface area contributed by atoms with Crippen molar-refractivity contribution in [2.75, 3.05) is 31.1 Å². The van der Waals surface area contributed by atoms with Crippen LogP contribution in [0, 0.1) is 23.6 Å². The Kier molecular flexibility index (Phi) is 7.47. The molecular weight excluding hydrogens is 517 g/mol. The molecule has 3 aromatic rings. The van der Waals surface area contributed by atoms with Gasteiger partial charge in [0.15, 0.2) is 0 Å². The summed E-state index contributed by atoms with van der Waals surface area (Å²) in [5.41, 5.74) is 2.87. The zero-order valence-corrected chi connectivity index (χ0v) is 23.1. The molecule has 1 saturated heterocycles. The van der Waals surface area contributed by atoms with Crippen LogP contribution in [0.4, 0.5) is 10.3 Å². The van der Waals surface area contributed by atoms with E-state index in [4.69, 9.17) is 16.3 Å². The lowest BCUT2D eigenvalue weighted by molar-refractivity contribution is -0.131. The summed E-state index contributed by atoms with van der Waals surface area (Å²) in [5, 5.41) is 0.560. The number of anilines is 1. The van der Waals surface area contributed by atoms with E-state index in [0.717, 1.165) is 56.6 Å². The number of carbonyl (C=O) groups is 1. The maximum absolute atomic E-state index is 14.8. The molecule has 206 valence electrons. The number of rotatable bonds is 8. The summed E-state index contributed by atoms with van der Waals surface area (Å²) in [4.78, 5) is 25.6. The van der Waals surface area contributed by atoms with E-state index in [1.54, 1.807) is 24.5 Å². The molecule has 0 bridgehead atoms. The standard InChI is InChI=1S/C30H35ClFN5O2/c1-35-9-4-23-19-37(12-7-28(23)35)29(38)15-22-2-3-25(16-27(22)32)39-13-8-21-14-26(21)20-5-10-36(11-6-20)30-33-17-24(31)18-34-30/h2-4,9,16-18,20-21,26H,5-8,10-15,19H2,1H3. The molecule has 7 nitrogen and oxygen atoms in total. The molecule has 6 rings (SSSR count). The van der Waals surface area contributed by atoms with Crippen LogP contribution >= 0.6 is 11.6 Å². The van der Waals surface area contributed by atoms with Gasteiger partial charge in [-0.2, -0.15) is 0 Å². The fourth-order valence-electron chi connectivity index (χ4n) is 6.37. The molecule has 0 N–H and O–H groups in total. The zero-order chi connectivity index (χ0) is 26.9. The number of amides is 1. The summed E-state index contributed by atoms with van der Waals surface area (Å²) in [5.74, 6) is 3.06. The van der Waals surface area contributed by atoms with E-state index < -0.39 is 0 Å². The van der Waals surface area contributed by atoms with Crippen molar-refractivity contribution in [3.8, 4) is 5.75 Å². The predicted molar refractivity (Wildman–Crippen MR) is 148 cm³/mol. The van der Waals surface area contributed by atoms with Gasteiger partial charge < -0.3 is 19.1 Å². The molecule has 1 aliphatic carbocycles. The summed E-state index contributed by atoms with van der Waals surface area (Å²) in [7, 11) is 2.03. The Labute approximate surface area is 233 Å². The fraction of sp³-hybridized carbons (Fsp3) is 0.500. The minimum absolute atomic E-state index is 0.0385. The second kappa shape index (κ2) is 11.2. The van der Waals surface area contributed by atoms with Crippen LogP contribution in [0.5, 0.6) is 5.75 Å². The molecule has 1 saturated carbocycles. The SMILES string of the molecule is Cn1ccc2c1CCN(C(=O)Cc1ccc(OCCC3CC3C3CCN(c4ncc(Cl)cn4)CC3)cc1F)C2. The lowest BCUT2D eigenvalue weighted by Gasteiger charge is -2.32. The minimum atomic E-state index is -0.376. The van der Waals surface area contributed by atoms with Gasteiger partial charge in [-0.15, -0.1) is 0 Å². The summed E-state index contributed by atoms with van der Waals surface area (Å²) in [6, 6.07) is 6.97. The van der Waals surface area contributed by atoms with Gasteiger partial charge in [0, 0.05) is 57.6 Å².